The van der Waals surface area contributed by atoms with Gasteiger partial charge in [0.1, 0.15) is 17.2 Å². The molecule has 184 valence electrons. The Morgan fingerprint density at radius 1 is 1.12 bits per heavy atom. The summed E-state index contributed by atoms with van der Waals surface area (Å²) in [6.45, 7) is 5.16. The molecule has 0 bridgehead atoms. The van der Waals surface area contributed by atoms with Crippen LogP contribution in [0.1, 0.15) is 87.8 Å². The highest BCUT2D eigenvalue weighted by atomic mass is 19.1. The number of piperidine rings is 1. The van der Waals surface area contributed by atoms with Crippen molar-refractivity contribution in [2.75, 3.05) is 13.1 Å². The minimum Gasteiger partial charge on any atom is -0.487 e. The molecule has 2 aromatic rings. The second kappa shape index (κ2) is 8.97. The summed E-state index contributed by atoms with van der Waals surface area (Å²) in [6, 6.07) is 12.1. The average molecular weight is 470 g/mol. The summed E-state index contributed by atoms with van der Waals surface area (Å²) < 4.78 is 26.5. The van der Waals surface area contributed by atoms with Crippen LogP contribution in [0.4, 0.5) is 4.39 Å². The smallest absolute Gasteiger partial charge is 0.253 e. The van der Waals surface area contributed by atoms with E-state index < -0.39 is 11.2 Å². The Morgan fingerprint density at radius 3 is 2.44 bits per heavy atom. The second-order valence-corrected chi connectivity index (χ2v) is 10.5. The fraction of sp³-hybridized carbons (Fsp3) is 0.536. The van der Waals surface area contributed by atoms with E-state index in [-0.39, 0.29) is 25.4 Å². The molecule has 1 spiro atoms. The van der Waals surface area contributed by atoms with Crippen molar-refractivity contribution in [1.82, 2.24) is 4.90 Å². The number of likely N-dealkylation sites (tertiary alicyclic amines) is 1. The standard InChI is InChI=1S/C28H34FNO4.H2/c1-19(2)33-25-18-27(34-24-10-9-22(29)17-23(24)25)13-15-30(16-14-27)26(31)20-5-7-21(8-6-20)28(32)11-3-4-12-28;/h5-10,17,19,25,32H,3-4,11-16,18H2,1-2H3;1H/t25-;/m1./s1. The number of benzene rings is 2. The lowest BCUT2D eigenvalue weighted by Crippen LogP contribution is -2.52. The van der Waals surface area contributed by atoms with Crippen LogP contribution in [-0.4, -0.2) is 40.7 Å². The van der Waals surface area contributed by atoms with Crippen molar-refractivity contribution in [2.24, 2.45) is 0 Å². The van der Waals surface area contributed by atoms with Crippen LogP contribution in [0.15, 0.2) is 42.5 Å². The first-order chi connectivity index (χ1) is 16.3. The topological polar surface area (TPSA) is 59.0 Å². The van der Waals surface area contributed by atoms with E-state index in [1.54, 1.807) is 6.07 Å². The fourth-order valence-corrected chi connectivity index (χ4v) is 5.81. The van der Waals surface area contributed by atoms with Crippen LogP contribution in [-0.2, 0) is 10.3 Å². The van der Waals surface area contributed by atoms with Crippen LogP contribution in [0, 0.1) is 5.82 Å². The molecule has 1 saturated heterocycles. The van der Waals surface area contributed by atoms with Crippen LogP contribution in [0.2, 0.25) is 0 Å². The molecule has 3 aliphatic rings. The molecule has 1 amide bonds. The third kappa shape index (κ3) is 4.46. The molecule has 5 rings (SSSR count). The maximum absolute atomic E-state index is 13.9. The van der Waals surface area contributed by atoms with Gasteiger partial charge < -0.3 is 19.5 Å². The zero-order valence-corrected chi connectivity index (χ0v) is 20.1. The summed E-state index contributed by atoms with van der Waals surface area (Å²) in [5, 5.41) is 10.8. The molecule has 2 aromatic carbocycles. The number of aliphatic hydroxyl groups is 1. The van der Waals surface area contributed by atoms with Gasteiger partial charge in [-0.1, -0.05) is 25.0 Å². The van der Waals surface area contributed by atoms with E-state index in [0.717, 1.165) is 36.8 Å². The minimum absolute atomic E-state index is 0. The maximum Gasteiger partial charge on any atom is 0.253 e. The van der Waals surface area contributed by atoms with Gasteiger partial charge in [0.15, 0.2) is 0 Å². The van der Waals surface area contributed by atoms with Crippen molar-refractivity contribution >= 4 is 5.91 Å². The van der Waals surface area contributed by atoms with E-state index in [4.69, 9.17) is 9.47 Å². The maximum atomic E-state index is 13.9. The highest BCUT2D eigenvalue weighted by Gasteiger charge is 2.45. The summed E-state index contributed by atoms with van der Waals surface area (Å²) >= 11 is 0. The van der Waals surface area contributed by atoms with Crippen LogP contribution in [0.25, 0.3) is 0 Å². The number of halogens is 1. The number of carbonyl (C=O) groups is 1. The van der Waals surface area contributed by atoms with Gasteiger partial charge in [-0.3, -0.25) is 4.79 Å². The normalized spacial score (nSPS) is 23.1. The van der Waals surface area contributed by atoms with Crippen molar-refractivity contribution in [3.63, 3.8) is 0 Å². The molecule has 0 aromatic heterocycles. The number of nitrogens with zero attached hydrogens (tertiary/aromatic N) is 1. The summed E-state index contributed by atoms with van der Waals surface area (Å²) in [6.07, 6.45) is 5.48. The van der Waals surface area contributed by atoms with Crippen LogP contribution >= 0.6 is 0 Å². The zero-order valence-electron chi connectivity index (χ0n) is 20.1. The van der Waals surface area contributed by atoms with Gasteiger partial charge in [0.25, 0.3) is 5.91 Å². The van der Waals surface area contributed by atoms with Crippen molar-refractivity contribution < 1.29 is 25.2 Å². The molecular formula is C28H36FNO4. The van der Waals surface area contributed by atoms with E-state index in [0.29, 0.717) is 43.7 Å². The first kappa shape index (κ1) is 23.3. The molecule has 6 heteroatoms. The highest BCUT2D eigenvalue weighted by Crippen LogP contribution is 2.46. The van der Waals surface area contributed by atoms with Gasteiger partial charge in [0.05, 0.1) is 17.8 Å². The Morgan fingerprint density at radius 2 is 1.79 bits per heavy atom. The Hall–Kier alpha value is -2.44. The zero-order chi connectivity index (χ0) is 23.9. The lowest BCUT2D eigenvalue weighted by molar-refractivity contribution is -0.0873. The van der Waals surface area contributed by atoms with Gasteiger partial charge in [-0.25, -0.2) is 4.39 Å². The van der Waals surface area contributed by atoms with Crippen molar-refractivity contribution in [1.29, 1.82) is 0 Å². The van der Waals surface area contributed by atoms with E-state index >= 15 is 0 Å². The highest BCUT2D eigenvalue weighted by molar-refractivity contribution is 5.94. The number of hydrogen-bond donors (Lipinski definition) is 1. The van der Waals surface area contributed by atoms with Gasteiger partial charge in [0, 0.05) is 44.9 Å². The molecule has 0 unspecified atom stereocenters. The first-order valence-electron chi connectivity index (χ1n) is 12.5. The number of ether oxygens (including phenoxy) is 2. The largest absolute Gasteiger partial charge is 0.487 e. The fourth-order valence-electron chi connectivity index (χ4n) is 5.81. The Labute approximate surface area is 202 Å². The van der Waals surface area contributed by atoms with E-state index in [9.17, 15) is 14.3 Å². The molecule has 1 aliphatic carbocycles. The SMILES string of the molecule is CC(C)O[C@@H]1CC2(CCN(C(=O)c3ccc(C4(O)CCCC4)cc3)CC2)Oc2ccc(F)cc21.[HH]. The number of carbonyl (C=O) groups excluding carboxylic acids is 1. The molecule has 5 nitrogen and oxygen atoms in total. The molecule has 2 aliphatic heterocycles. The van der Waals surface area contributed by atoms with Crippen molar-refractivity contribution in [2.45, 2.75) is 82.2 Å². The third-order valence-electron chi connectivity index (χ3n) is 7.70. The van der Waals surface area contributed by atoms with Gasteiger partial charge in [-0.2, -0.15) is 0 Å². The Balaban J connectivity index is 0.00000289. The van der Waals surface area contributed by atoms with E-state index in [1.165, 1.54) is 12.1 Å². The van der Waals surface area contributed by atoms with Gasteiger partial charge >= 0.3 is 0 Å². The second-order valence-electron chi connectivity index (χ2n) is 10.5. The van der Waals surface area contributed by atoms with Crippen molar-refractivity contribution in [3.8, 4) is 5.75 Å². The summed E-state index contributed by atoms with van der Waals surface area (Å²) in [5.74, 6) is 0.397. The van der Waals surface area contributed by atoms with Gasteiger partial charge in [-0.15, -0.1) is 0 Å². The molecule has 2 fully saturated rings. The molecule has 1 saturated carbocycles. The number of hydrogen-bond acceptors (Lipinski definition) is 4. The number of fused-ring (bicyclic) bond motifs is 1. The molecule has 34 heavy (non-hydrogen) atoms. The van der Waals surface area contributed by atoms with Crippen LogP contribution < -0.4 is 4.74 Å². The molecular weight excluding hydrogens is 433 g/mol. The quantitative estimate of drug-likeness (QED) is 0.619. The van der Waals surface area contributed by atoms with E-state index in [2.05, 4.69) is 0 Å². The molecule has 0 radical (unpaired) electrons. The molecule has 2 heterocycles. The predicted octanol–water partition coefficient (Wildman–Crippen LogP) is 5.76. The van der Waals surface area contributed by atoms with Crippen molar-refractivity contribution in [3.05, 3.63) is 65.0 Å². The summed E-state index contributed by atoms with van der Waals surface area (Å²) in [5.41, 5.74) is 1.15. The summed E-state index contributed by atoms with van der Waals surface area (Å²) in [4.78, 5) is 15.1. The minimum atomic E-state index is -0.745. The monoisotopic (exact) mass is 469 g/mol. The molecule has 1 atom stereocenters. The summed E-state index contributed by atoms with van der Waals surface area (Å²) in [7, 11) is 0. The number of rotatable bonds is 4. The van der Waals surface area contributed by atoms with Gasteiger partial charge in [0.2, 0.25) is 0 Å². The lowest BCUT2D eigenvalue weighted by atomic mass is 9.81. The van der Waals surface area contributed by atoms with Crippen LogP contribution in [0.5, 0.6) is 5.75 Å². The van der Waals surface area contributed by atoms with Gasteiger partial charge in [-0.05, 0) is 62.6 Å². The Kier molecular flexibility index (Phi) is 6.15. The first-order valence-corrected chi connectivity index (χ1v) is 12.5. The van der Waals surface area contributed by atoms with E-state index in [1.807, 2.05) is 43.0 Å². The average Bonchev–Trinajstić information content (AvgIpc) is 3.27. The van der Waals surface area contributed by atoms with Crippen LogP contribution in [0.3, 0.4) is 0 Å². The third-order valence-corrected chi connectivity index (χ3v) is 7.70. The molecule has 1 N–H and O–H groups in total. The number of amides is 1. The Bertz CT molecular complexity index is 1040. The predicted molar refractivity (Wildman–Crippen MR) is 129 cm³/mol. The lowest BCUT2D eigenvalue weighted by Gasteiger charge is -2.47.